The van der Waals surface area contributed by atoms with E-state index in [1.807, 2.05) is 19.1 Å². The molecule has 0 saturated heterocycles. The number of ether oxygens (including phenoxy) is 1. The highest BCUT2D eigenvalue weighted by atomic mass is 79.9. The van der Waals surface area contributed by atoms with Crippen LogP contribution in [0.1, 0.15) is 18.1 Å². The molecule has 2 nitrogen and oxygen atoms in total. The Morgan fingerprint density at radius 3 is 2.74 bits per heavy atom. The molecule has 0 aromatic heterocycles. The van der Waals surface area contributed by atoms with Crippen molar-refractivity contribution >= 4 is 21.6 Å². The van der Waals surface area contributed by atoms with E-state index in [2.05, 4.69) is 58.5 Å². The van der Waals surface area contributed by atoms with Gasteiger partial charge in [0, 0.05) is 11.0 Å². The molecule has 2 aromatic carbocycles. The van der Waals surface area contributed by atoms with Gasteiger partial charge in [-0.2, -0.15) is 0 Å². The van der Waals surface area contributed by atoms with Crippen molar-refractivity contribution in [1.29, 1.82) is 0 Å². The van der Waals surface area contributed by atoms with Crippen LogP contribution >= 0.6 is 15.9 Å². The Kier molecular flexibility index (Phi) is 4.86. The van der Waals surface area contributed by atoms with Gasteiger partial charge in [0.15, 0.2) is 0 Å². The van der Waals surface area contributed by atoms with Gasteiger partial charge in [-0.3, -0.25) is 0 Å². The third kappa shape index (κ3) is 4.00. The minimum atomic E-state index is 0.676. The third-order valence-corrected chi connectivity index (χ3v) is 3.30. The molecule has 2 aromatic rings. The number of hydrogen-bond acceptors (Lipinski definition) is 2. The molecule has 3 heteroatoms. The van der Waals surface area contributed by atoms with E-state index in [0.717, 1.165) is 22.5 Å². The van der Waals surface area contributed by atoms with E-state index in [4.69, 9.17) is 4.74 Å². The van der Waals surface area contributed by atoms with Crippen LogP contribution in [0.25, 0.3) is 0 Å². The number of benzene rings is 2. The predicted molar refractivity (Wildman–Crippen MR) is 83.8 cm³/mol. The number of hydrogen-bond donors (Lipinski definition) is 1. The Balaban J connectivity index is 2.10. The summed E-state index contributed by atoms with van der Waals surface area (Å²) in [6.45, 7) is 5.53. The van der Waals surface area contributed by atoms with Crippen LogP contribution in [0.2, 0.25) is 0 Å². The van der Waals surface area contributed by atoms with Crippen LogP contribution in [0, 0.1) is 6.92 Å². The summed E-state index contributed by atoms with van der Waals surface area (Å²) in [6.07, 6.45) is 0. The Bertz CT molecular complexity index is 554. The van der Waals surface area contributed by atoms with Gasteiger partial charge >= 0.3 is 0 Å². The van der Waals surface area contributed by atoms with E-state index in [-0.39, 0.29) is 0 Å². The fourth-order valence-corrected chi connectivity index (χ4v) is 2.34. The average Bonchev–Trinajstić information content (AvgIpc) is 2.38. The molecule has 0 saturated carbocycles. The molecule has 1 N–H and O–H groups in total. The summed E-state index contributed by atoms with van der Waals surface area (Å²) in [7, 11) is 0. The lowest BCUT2D eigenvalue weighted by Crippen LogP contribution is -2.03. The first-order valence-electron chi connectivity index (χ1n) is 6.41. The smallest absolute Gasteiger partial charge is 0.142 e. The molecular formula is C16H18BrNO. The molecule has 0 amide bonds. The zero-order valence-electron chi connectivity index (χ0n) is 11.2. The maximum absolute atomic E-state index is 5.66. The second-order valence-electron chi connectivity index (χ2n) is 4.42. The first kappa shape index (κ1) is 13.9. The maximum atomic E-state index is 5.66. The first-order chi connectivity index (χ1) is 9.19. The van der Waals surface area contributed by atoms with Gasteiger partial charge < -0.3 is 10.1 Å². The van der Waals surface area contributed by atoms with E-state index in [0.29, 0.717) is 6.61 Å². The van der Waals surface area contributed by atoms with Crippen molar-refractivity contribution in [2.75, 3.05) is 11.9 Å². The Morgan fingerprint density at radius 2 is 2.00 bits per heavy atom. The number of halogens is 1. The van der Waals surface area contributed by atoms with Crippen LogP contribution in [0.4, 0.5) is 5.69 Å². The Hall–Kier alpha value is -1.48. The molecule has 0 aliphatic rings. The summed E-state index contributed by atoms with van der Waals surface area (Å²) in [5, 5.41) is 3.42. The molecule has 0 radical (unpaired) electrons. The zero-order valence-corrected chi connectivity index (χ0v) is 12.8. The molecule has 0 unspecified atom stereocenters. The standard InChI is InChI=1S/C16H18BrNO/c1-3-19-16-9-12(2)7-8-15(16)18-11-13-5-4-6-14(17)10-13/h4-10,18H,3,11H2,1-2H3. The summed E-state index contributed by atoms with van der Waals surface area (Å²) in [6, 6.07) is 14.5. The zero-order chi connectivity index (χ0) is 13.7. The fourth-order valence-electron chi connectivity index (χ4n) is 1.89. The van der Waals surface area contributed by atoms with Gasteiger partial charge in [0.05, 0.1) is 12.3 Å². The quantitative estimate of drug-likeness (QED) is 0.857. The van der Waals surface area contributed by atoms with Crippen molar-refractivity contribution in [1.82, 2.24) is 0 Å². The van der Waals surface area contributed by atoms with Gasteiger partial charge in [0.25, 0.3) is 0 Å². The predicted octanol–water partition coefficient (Wildman–Crippen LogP) is 4.77. The largest absolute Gasteiger partial charge is 0.492 e. The molecule has 2 rings (SSSR count). The molecule has 0 spiro atoms. The summed E-state index contributed by atoms with van der Waals surface area (Å²) >= 11 is 3.48. The summed E-state index contributed by atoms with van der Waals surface area (Å²) < 4.78 is 6.76. The molecule has 100 valence electrons. The maximum Gasteiger partial charge on any atom is 0.142 e. The van der Waals surface area contributed by atoms with Gasteiger partial charge in [-0.15, -0.1) is 0 Å². The summed E-state index contributed by atoms with van der Waals surface area (Å²) in [5.74, 6) is 0.914. The fraction of sp³-hybridized carbons (Fsp3) is 0.250. The van der Waals surface area contributed by atoms with E-state index in [1.54, 1.807) is 0 Å². The van der Waals surface area contributed by atoms with Crippen molar-refractivity contribution < 1.29 is 4.74 Å². The highest BCUT2D eigenvalue weighted by Crippen LogP contribution is 2.26. The van der Waals surface area contributed by atoms with Crippen molar-refractivity contribution in [3.05, 3.63) is 58.1 Å². The number of anilines is 1. The van der Waals surface area contributed by atoms with E-state index >= 15 is 0 Å². The molecular weight excluding hydrogens is 302 g/mol. The average molecular weight is 320 g/mol. The van der Waals surface area contributed by atoms with E-state index in [9.17, 15) is 0 Å². The third-order valence-electron chi connectivity index (χ3n) is 2.81. The topological polar surface area (TPSA) is 21.3 Å². The normalized spacial score (nSPS) is 10.3. The van der Waals surface area contributed by atoms with E-state index in [1.165, 1.54) is 11.1 Å². The molecule has 0 atom stereocenters. The molecule has 0 aliphatic heterocycles. The lowest BCUT2D eigenvalue weighted by atomic mass is 10.2. The first-order valence-corrected chi connectivity index (χ1v) is 7.20. The number of nitrogens with one attached hydrogen (secondary N) is 1. The van der Waals surface area contributed by atoms with Crippen molar-refractivity contribution in [2.45, 2.75) is 20.4 Å². The van der Waals surface area contributed by atoms with Crippen LogP contribution in [-0.2, 0) is 6.54 Å². The SMILES string of the molecule is CCOc1cc(C)ccc1NCc1cccc(Br)c1. The Labute approximate surface area is 122 Å². The molecule has 0 fully saturated rings. The van der Waals surface area contributed by atoms with Gasteiger partial charge in [-0.05, 0) is 49.2 Å². The molecule has 0 bridgehead atoms. The second kappa shape index (κ2) is 6.62. The second-order valence-corrected chi connectivity index (χ2v) is 5.33. The molecule has 0 aliphatic carbocycles. The van der Waals surface area contributed by atoms with Gasteiger partial charge in [-0.25, -0.2) is 0 Å². The molecule has 0 heterocycles. The monoisotopic (exact) mass is 319 g/mol. The minimum absolute atomic E-state index is 0.676. The Morgan fingerprint density at radius 1 is 1.16 bits per heavy atom. The minimum Gasteiger partial charge on any atom is -0.492 e. The van der Waals surface area contributed by atoms with Crippen LogP contribution in [0.5, 0.6) is 5.75 Å². The van der Waals surface area contributed by atoms with Gasteiger partial charge in [-0.1, -0.05) is 34.1 Å². The number of aryl methyl sites for hydroxylation is 1. The highest BCUT2D eigenvalue weighted by Gasteiger charge is 2.03. The number of rotatable bonds is 5. The van der Waals surface area contributed by atoms with Gasteiger partial charge in [0.1, 0.15) is 5.75 Å². The van der Waals surface area contributed by atoms with E-state index < -0.39 is 0 Å². The van der Waals surface area contributed by atoms with Crippen LogP contribution in [0.3, 0.4) is 0 Å². The lowest BCUT2D eigenvalue weighted by Gasteiger charge is -2.13. The van der Waals surface area contributed by atoms with Crippen molar-refractivity contribution in [3.8, 4) is 5.75 Å². The summed E-state index contributed by atoms with van der Waals surface area (Å²) in [5.41, 5.74) is 3.47. The highest BCUT2D eigenvalue weighted by molar-refractivity contribution is 9.10. The van der Waals surface area contributed by atoms with Crippen molar-refractivity contribution in [2.24, 2.45) is 0 Å². The van der Waals surface area contributed by atoms with Crippen LogP contribution in [0.15, 0.2) is 46.9 Å². The van der Waals surface area contributed by atoms with Crippen LogP contribution < -0.4 is 10.1 Å². The van der Waals surface area contributed by atoms with Crippen LogP contribution in [-0.4, -0.2) is 6.61 Å². The summed E-state index contributed by atoms with van der Waals surface area (Å²) in [4.78, 5) is 0. The van der Waals surface area contributed by atoms with Gasteiger partial charge in [0.2, 0.25) is 0 Å². The lowest BCUT2D eigenvalue weighted by molar-refractivity contribution is 0.341. The molecule has 19 heavy (non-hydrogen) atoms. The van der Waals surface area contributed by atoms with Crippen molar-refractivity contribution in [3.63, 3.8) is 0 Å².